The van der Waals surface area contributed by atoms with E-state index in [1.807, 2.05) is 23.1 Å². The zero-order valence-corrected chi connectivity index (χ0v) is 13.3. The molecule has 0 saturated carbocycles. The van der Waals surface area contributed by atoms with Crippen LogP contribution in [0.5, 0.6) is 5.75 Å². The first-order chi connectivity index (χ1) is 10.0. The number of carboxylic acid groups (broad SMARTS) is 1. The van der Waals surface area contributed by atoms with Gasteiger partial charge in [-0.15, -0.1) is 0 Å². The summed E-state index contributed by atoms with van der Waals surface area (Å²) in [6, 6.07) is 5.23. The maximum absolute atomic E-state index is 11.1. The van der Waals surface area contributed by atoms with E-state index in [4.69, 9.17) is 21.4 Å². The topological polar surface area (TPSA) is 49.8 Å². The van der Waals surface area contributed by atoms with Crippen molar-refractivity contribution in [3.05, 3.63) is 28.8 Å². The fourth-order valence-corrected chi connectivity index (χ4v) is 3.18. The maximum atomic E-state index is 11.1. The highest BCUT2D eigenvalue weighted by Crippen LogP contribution is 2.29. The van der Waals surface area contributed by atoms with Gasteiger partial charge in [0.2, 0.25) is 0 Å². The van der Waals surface area contributed by atoms with Crippen molar-refractivity contribution in [1.82, 2.24) is 4.90 Å². The van der Waals surface area contributed by atoms with Crippen LogP contribution in [0.4, 0.5) is 0 Å². The lowest BCUT2D eigenvalue weighted by Gasteiger charge is -2.35. The monoisotopic (exact) mass is 311 g/mol. The molecule has 116 valence electrons. The van der Waals surface area contributed by atoms with Crippen molar-refractivity contribution in [1.29, 1.82) is 0 Å². The average Bonchev–Trinajstić information content (AvgIpc) is 2.47. The van der Waals surface area contributed by atoms with Gasteiger partial charge in [0.25, 0.3) is 0 Å². The molecule has 1 aliphatic heterocycles. The van der Waals surface area contributed by atoms with Crippen molar-refractivity contribution >= 4 is 17.6 Å². The first-order valence-electron chi connectivity index (χ1n) is 7.30. The molecule has 2 atom stereocenters. The molecule has 0 amide bonds. The summed E-state index contributed by atoms with van der Waals surface area (Å²) >= 11 is 6.07. The Hall–Kier alpha value is -1.26. The predicted molar refractivity (Wildman–Crippen MR) is 83.1 cm³/mol. The number of hydrogen-bond donors (Lipinski definition) is 1. The second-order valence-electron chi connectivity index (χ2n) is 5.68. The largest absolute Gasteiger partial charge is 0.496 e. The smallest absolute Gasteiger partial charge is 0.320 e. The van der Waals surface area contributed by atoms with Crippen molar-refractivity contribution in [2.24, 2.45) is 5.92 Å². The van der Waals surface area contributed by atoms with Gasteiger partial charge in [0, 0.05) is 11.6 Å². The SMILES string of the molecule is COc1ccc(Cl)cc1CC1CCCN(C(C)C(=O)O)C1. The fourth-order valence-electron chi connectivity index (χ4n) is 2.99. The van der Waals surface area contributed by atoms with Gasteiger partial charge in [-0.05, 0) is 62.4 Å². The molecule has 1 aromatic rings. The van der Waals surface area contributed by atoms with Gasteiger partial charge >= 0.3 is 5.97 Å². The highest BCUT2D eigenvalue weighted by atomic mass is 35.5. The van der Waals surface area contributed by atoms with Crippen LogP contribution in [0.2, 0.25) is 5.02 Å². The Morgan fingerprint density at radius 2 is 2.33 bits per heavy atom. The number of aliphatic carboxylic acids is 1. The van der Waals surface area contributed by atoms with E-state index < -0.39 is 12.0 Å². The summed E-state index contributed by atoms with van der Waals surface area (Å²) in [5.41, 5.74) is 1.10. The summed E-state index contributed by atoms with van der Waals surface area (Å²) in [6.45, 7) is 3.42. The second-order valence-corrected chi connectivity index (χ2v) is 6.11. The molecule has 21 heavy (non-hydrogen) atoms. The molecule has 0 spiro atoms. The summed E-state index contributed by atoms with van der Waals surface area (Å²) in [5, 5.41) is 9.86. The Bertz CT molecular complexity index is 506. The highest BCUT2D eigenvalue weighted by Gasteiger charge is 2.27. The number of rotatable bonds is 5. The zero-order chi connectivity index (χ0) is 15.4. The van der Waals surface area contributed by atoms with E-state index in [0.717, 1.165) is 43.7 Å². The number of halogens is 1. The van der Waals surface area contributed by atoms with Crippen LogP contribution in [-0.4, -0.2) is 42.2 Å². The molecular formula is C16H22ClNO3. The lowest BCUT2D eigenvalue weighted by molar-refractivity contribution is -0.143. The number of carbonyl (C=O) groups is 1. The van der Waals surface area contributed by atoms with Crippen LogP contribution in [0, 0.1) is 5.92 Å². The number of benzene rings is 1. The molecule has 1 N–H and O–H groups in total. The number of ether oxygens (including phenoxy) is 1. The van der Waals surface area contributed by atoms with Gasteiger partial charge in [-0.3, -0.25) is 9.69 Å². The molecule has 2 unspecified atom stereocenters. The molecule has 1 saturated heterocycles. The van der Waals surface area contributed by atoms with E-state index in [1.165, 1.54) is 0 Å². The third-order valence-electron chi connectivity index (χ3n) is 4.21. The lowest BCUT2D eigenvalue weighted by atomic mass is 9.90. The predicted octanol–water partition coefficient (Wildman–Crippen LogP) is 3.08. The van der Waals surface area contributed by atoms with Crippen LogP contribution in [0.15, 0.2) is 18.2 Å². The summed E-state index contributed by atoms with van der Waals surface area (Å²) in [6.07, 6.45) is 3.01. The van der Waals surface area contributed by atoms with Crippen LogP contribution in [0.1, 0.15) is 25.3 Å². The lowest BCUT2D eigenvalue weighted by Crippen LogP contribution is -2.45. The Morgan fingerprint density at radius 1 is 1.57 bits per heavy atom. The number of carboxylic acids is 1. The minimum atomic E-state index is -0.754. The standard InChI is InChI=1S/C16H22ClNO3/c1-11(16(19)20)18-7-3-4-12(10-18)8-13-9-14(17)5-6-15(13)21-2/h5-6,9,11-12H,3-4,7-8,10H2,1-2H3,(H,19,20). The molecule has 1 aromatic carbocycles. The minimum Gasteiger partial charge on any atom is -0.496 e. The van der Waals surface area contributed by atoms with Gasteiger partial charge in [0.1, 0.15) is 11.8 Å². The average molecular weight is 312 g/mol. The summed E-state index contributed by atoms with van der Waals surface area (Å²) in [4.78, 5) is 13.2. The van der Waals surface area contributed by atoms with Gasteiger partial charge in [-0.2, -0.15) is 0 Å². The summed E-state index contributed by atoms with van der Waals surface area (Å²) < 4.78 is 5.39. The van der Waals surface area contributed by atoms with E-state index in [-0.39, 0.29) is 0 Å². The van der Waals surface area contributed by atoms with Gasteiger partial charge < -0.3 is 9.84 Å². The Kier molecular flexibility index (Phi) is 5.48. The van der Waals surface area contributed by atoms with Gasteiger partial charge in [0.05, 0.1) is 7.11 Å². The molecular weight excluding hydrogens is 290 g/mol. The van der Waals surface area contributed by atoms with Crippen molar-refractivity contribution in [3.8, 4) is 5.75 Å². The van der Waals surface area contributed by atoms with Crippen molar-refractivity contribution < 1.29 is 14.6 Å². The molecule has 1 aliphatic rings. The normalized spacial score (nSPS) is 21.0. The van der Waals surface area contributed by atoms with Gasteiger partial charge in [0.15, 0.2) is 0 Å². The molecule has 0 radical (unpaired) electrons. The van der Waals surface area contributed by atoms with Crippen molar-refractivity contribution in [2.75, 3.05) is 20.2 Å². The Balaban J connectivity index is 2.06. The molecule has 1 fully saturated rings. The maximum Gasteiger partial charge on any atom is 0.320 e. The number of likely N-dealkylation sites (tertiary alicyclic amines) is 1. The van der Waals surface area contributed by atoms with Crippen LogP contribution >= 0.6 is 11.6 Å². The van der Waals surface area contributed by atoms with Crippen LogP contribution in [0.25, 0.3) is 0 Å². The van der Waals surface area contributed by atoms with Crippen molar-refractivity contribution in [2.45, 2.75) is 32.2 Å². The molecule has 1 heterocycles. The minimum absolute atomic E-state index is 0.422. The molecule has 2 rings (SSSR count). The van der Waals surface area contributed by atoms with E-state index in [9.17, 15) is 4.79 Å². The third kappa shape index (κ3) is 4.11. The second kappa shape index (κ2) is 7.14. The molecule has 5 heteroatoms. The molecule has 0 aromatic heterocycles. The number of piperidine rings is 1. The molecule has 4 nitrogen and oxygen atoms in total. The highest BCUT2D eigenvalue weighted by molar-refractivity contribution is 6.30. The van der Waals surface area contributed by atoms with Crippen LogP contribution in [0.3, 0.4) is 0 Å². The molecule has 0 aliphatic carbocycles. The third-order valence-corrected chi connectivity index (χ3v) is 4.44. The zero-order valence-electron chi connectivity index (χ0n) is 12.5. The first kappa shape index (κ1) is 16.1. The fraction of sp³-hybridized carbons (Fsp3) is 0.562. The van der Waals surface area contributed by atoms with Gasteiger partial charge in [-0.25, -0.2) is 0 Å². The van der Waals surface area contributed by atoms with E-state index >= 15 is 0 Å². The Morgan fingerprint density at radius 3 is 3.00 bits per heavy atom. The van der Waals surface area contributed by atoms with Crippen LogP contribution < -0.4 is 4.74 Å². The Labute approximate surface area is 130 Å². The summed E-state index contributed by atoms with van der Waals surface area (Å²) in [7, 11) is 1.66. The van der Waals surface area contributed by atoms with Crippen molar-refractivity contribution in [3.63, 3.8) is 0 Å². The first-order valence-corrected chi connectivity index (χ1v) is 7.68. The van der Waals surface area contributed by atoms with Gasteiger partial charge in [-0.1, -0.05) is 11.6 Å². The molecule has 0 bridgehead atoms. The van der Waals surface area contributed by atoms with E-state index in [2.05, 4.69) is 0 Å². The number of nitrogens with zero attached hydrogens (tertiary/aromatic N) is 1. The quantitative estimate of drug-likeness (QED) is 0.908. The summed E-state index contributed by atoms with van der Waals surface area (Å²) in [5.74, 6) is 0.534. The van der Waals surface area contributed by atoms with Crippen LogP contribution in [-0.2, 0) is 11.2 Å². The number of methoxy groups -OCH3 is 1. The van der Waals surface area contributed by atoms with E-state index in [0.29, 0.717) is 10.9 Å². The van der Waals surface area contributed by atoms with E-state index in [1.54, 1.807) is 14.0 Å². The number of hydrogen-bond acceptors (Lipinski definition) is 3.